The minimum Gasteiger partial charge on any atom is -0.396 e. The summed E-state index contributed by atoms with van der Waals surface area (Å²) in [5.41, 5.74) is 1.99. The number of aliphatic hydroxyl groups is 2. The summed E-state index contributed by atoms with van der Waals surface area (Å²) in [6, 6.07) is 0. The zero-order valence-electron chi connectivity index (χ0n) is 4.26. The minimum absolute atomic E-state index is 0.00463. The van der Waals surface area contributed by atoms with Crippen molar-refractivity contribution < 1.29 is 10.2 Å². The van der Waals surface area contributed by atoms with Crippen LogP contribution in [0.25, 0.3) is 0 Å². The van der Waals surface area contributed by atoms with E-state index in [0.29, 0.717) is 0 Å². The fourth-order valence-electron chi connectivity index (χ4n) is 1.09. The highest BCUT2D eigenvalue weighted by Gasteiger charge is 2.48. The monoisotopic (exact) mass is 113 g/mol. The molecule has 0 fully saturated rings. The molecule has 3 heteroatoms. The summed E-state index contributed by atoms with van der Waals surface area (Å²) in [6.45, 7) is 0.0625. The Morgan fingerprint density at radius 2 is 2.25 bits per heavy atom. The van der Waals surface area contributed by atoms with Crippen LogP contribution in [-0.4, -0.2) is 22.9 Å². The van der Waals surface area contributed by atoms with E-state index in [1.54, 1.807) is 0 Å². The average molecular weight is 113 g/mol. The van der Waals surface area contributed by atoms with E-state index < -0.39 is 6.10 Å². The fourth-order valence-corrected chi connectivity index (χ4v) is 1.09. The summed E-state index contributed by atoms with van der Waals surface area (Å²) in [5, 5.41) is 20.3. The number of rotatable bonds is 1. The Hall–Kier alpha value is -0.540. The lowest BCUT2D eigenvalue weighted by atomic mass is 9.93. The molecular weight excluding hydrogens is 106 g/mol. The van der Waals surface area contributed by atoms with Crippen LogP contribution in [0, 0.1) is 5.92 Å². The molecule has 0 aromatic heterocycles. The van der Waals surface area contributed by atoms with Gasteiger partial charge in [0.2, 0.25) is 0 Å². The van der Waals surface area contributed by atoms with Crippen LogP contribution in [0.2, 0.25) is 0 Å². The van der Waals surface area contributed by atoms with Crippen molar-refractivity contribution in [3.63, 3.8) is 0 Å². The first kappa shape index (κ1) is 4.35. The summed E-state index contributed by atoms with van der Waals surface area (Å²) < 4.78 is 0. The first-order chi connectivity index (χ1) is 3.84. The highest BCUT2D eigenvalue weighted by atomic mass is 16.3. The number of hydrogen-bond acceptors (Lipinski definition) is 3. The van der Waals surface area contributed by atoms with E-state index in [9.17, 15) is 0 Å². The maximum Gasteiger partial charge on any atom is 0.106 e. The Labute approximate surface area is 46.6 Å². The standard InChI is InChI=1S/C5H7NO2/c7-1-2-3-4(6-3)5(2)8/h2,5-8H,1H2. The van der Waals surface area contributed by atoms with E-state index in [1.807, 2.05) is 0 Å². The zero-order valence-corrected chi connectivity index (χ0v) is 4.26. The first-order valence-corrected chi connectivity index (χ1v) is 2.64. The molecule has 44 valence electrons. The van der Waals surface area contributed by atoms with Gasteiger partial charge < -0.3 is 15.5 Å². The lowest BCUT2D eigenvalue weighted by Gasteiger charge is -2.16. The van der Waals surface area contributed by atoms with Gasteiger partial charge in [-0.1, -0.05) is 0 Å². The molecule has 1 aliphatic carbocycles. The Balaban J connectivity index is 2.12. The molecule has 0 aromatic carbocycles. The van der Waals surface area contributed by atoms with Gasteiger partial charge in [-0.05, 0) is 0 Å². The molecule has 0 saturated carbocycles. The molecule has 2 aliphatic rings. The first-order valence-electron chi connectivity index (χ1n) is 2.64. The molecule has 0 saturated heterocycles. The Bertz CT molecular complexity index is 164. The van der Waals surface area contributed by atoms with Gasteiger partial charge in [-0.15, -0.1) is 0 Å². The van der Waals surface area contributed by atoms with Crippen LogP contribution in [0.15, 0.2) is 11.4 Å². The Morgan fingerprint density at radius 1 is 1.50 bits per heavy atom. The SMILES string of the molecule is OCC1C2=C(N2)C1O. The number of nitrogens with one attached hydrogen (secondary N) is 1. The van der Waals surface area contributed by atoms with Crippen LogP contribution in [0.5, 0.6) is 0 Å². The van der Waals surface area contributed by atoms with Crippen LogP contribution >= 0.6 is 0 Å². The van der Waals surface area contributed by atoms with Crippen LogP contribution < -0.4 is 5.32 Å². The maximum atomic E-state index is 8.94. The topological polar surface area (TPSA) is 62.4 Å². The van der Waals surface area contributed by atoms with Crippen molar-refractivity contribution in [3.05, 3.63) is 11.4 Å². The normalized spacial score (nSPS) is 40.2. The van der Waals surface area contributed by atoms with E-state index in [2.05, 4.69) is 5.32 Å². The van der Waals surface area contributed by atoms with E-state index in [0.717, 1.165) is 11.4 Å². The third kappa shape index (κ3) is 0.287. The van der Waals surface area contributed by atoms with Gasteiger partial charge >= 0.3 is 0 Å². The van der Waals surface area contributed by atoms with E-state index in [1.165, 1.54) is 0 Å². The average Bonchev–Trinajstić information content (AvgIpc) is 2.44. The molecule has 3 N–H and O–H groups in total. The second-order valence-electron chi connectivity index (χ2n) is 2.19. The molecule has 0 aromatic rings. The molecule has 0 radical (unpaired) electrons. The zero-order chi connectivity index (χ0) is 5.72. The maximum absolute atomic E-state index is 8.94. The molecule has 3 nitrogen and oxygen atoms in total. The molecule has 0 spiro atoms. The molecule has 0 bridgehead atoms. The van der Waals surface area contributed by atoms with Crippen LogP contribution in [-0.2, 0) is 0 Å². The van der Waals surface area contributed by atoms with Gasteiger partial charge in [0, 0.05) is 5.70 Å². The minimum atomic E-state index is -0.394. The fraction of sp³-hybridized carbons (Fsp3) is 0.600. The molecule has 1 aliphatic heterocycles. The molecule has 2 unspecified atom stereocenters. The van der Waals surface area contributed by atoms with Crippen LogP contribution in [0.4, 0.5) is 0 Å². The van der Waals surface area contributed by atoms with Crippen molar-refractivity contribution in [1.29, 1.82) is 0 Å². The number of hydrogen-bond donors (Lipinski definition) is 3. The van der Waals surface area contributed by atoms with E-state index in [-0.39, 0.29) is 12.5 Å². The van der Waals surface area contributed by atoms with Crippen LogP contribution in [0.1, 0.15) is 0 Å². The summed E-state index contributed by atoms with van der Waals surface area (Å²) in [5.74, 6) is 0.00463. The Morgan fingerprint density at radius 3 is 2.50 bits per heavy atom. The third-order valence-electron chi connectivity index (χ3n) is 1.74. The van der Waals surface area contributed by atoms with Gasteiger partial charge in [-0.25, -0.2) is 0 Å². The van der Waals surface area contributed by atoms with Crippen molar-refractivity contribution in [3.8, 4) is 0 Å². The van der Waals surface area contributed by atoms with E-state index >= 15 is 0 Å². The summed E-state index contributed by atoms with van der Waals surface area (Å²) in [7, 11) is 0. The Kier molecular flexibility index (Phi) is 0.578. The van der Waals surface area contributed by atoms with Crippen LogP contribution in [0.3, 0.4) is 0 Å². The third-order valence-corrected chi connectivity index (χ3v) is 1.74. The van der Waals surface area contributed by atoms with Gasteiger partial charge in [0.25, 0.3) is 0 Å². The molecule has 1 heterocycles. The highest BCUT2D eigenvalue weighted by molar-refractivity contribution is 5.47. The lowest BCUT2D eigenvalue weighted by molar-refractivity contribution is 0.107. The highest BCUT2D eigenvalue weighted by Crippen LogP contribution is 2.42. The number of aliphatic hydroxyl groups excluding tert-OH is 2. The van der Waals surface area contributed by atoms with Crippen molar-refractivity contribution in [2.45, 2.75) is 6.10 Å². The van der Waals surface area contributed by atoms with Crippen molar-refractivity contribution >= 4 is 0 Å². The molecule has 8 heavy (non-hydrogen) atoms. The molecule has 2 rings (SSSR count). The van der Waals surface area contributed by atoms with E-state index in [4.69, 9.17) is 10.2 Å². The molecular formula is C5H7NO2. The van der Waals surface area contributed by atoms with Crippen molar-refractivity contribution in [1.82, 2.24) is 5.32 Å². The quantitative estimate of drug-likeness (QED) is 0.399. The van der Waals surface area contributed by atoms with Gasteiger partial charge in [-0.2, -0.15) is 0 Å². The lowest BCUT2D eigenvalue weighted by Crippen LogP contribution is -2.26. The second-order valence-corrected chi connectivity index (χ2v) is 2.19. The molecule has 2 atom stereocenters. The van der Waals surface area contributed by atoms with Crippen molar-refractivity contribution in [2.75, 3.05) is 6.61 Å². The van der Waals surface area contributed by atoms with Crippen molar-refractivity contribution in [2.24, 2.45) is 5.92 Å². The predicted molar refractivity (Wildman–Crippen MR) is 26.7 cm³/mol. The van der Waals surface area contributed by atoms with Gasteiger partial charge in [0.05, 0.1) is 18.2 Å². The predicted octanol–water partition coefficient (Wildman–Crippen LogP) is -1.22. The largest absolute Gasteiger partial charge is 0.396 e. The smallest absolute Gasteiger partial charge is 0.106 e. The molecule has 0 amide bonds. The van der Waals surface area contributed by atoms with Gasteiger partial charge in [0.1, 0.15) is 6.10 Å². The van der Waals surface area contributed by atoms with Gasteiger partial charge in [0.15, 0.2) is 0 Å². The second kappa shape index (κ2) is 1.06. The van der Waals surface area contributed by atoms with Gasteiger partial charge in [-0.3, -0.25) is 0 Å². The summed E-state index contributed by atoms with van der Waals surface area (Å²) in [6.07, 6.45) is -0.394. The summed E-state index contributed by atoms with van der Waals surface area (Å²) in [4.78, 5) is 0. The summed E-state index contributed by atoms with van der Waals surface area (Å²) >= 11 is 0.